The van der Waals surface area contributed by atoms with Gasteiger partial charge in [-0.2, -0.15) is 0 Å². The molecule has 0 saturated carbocycles. The molecule has 1 aliphatic rings. The monoisotopic (exact) mass is 1930 g/mol. The van der Waals surface area contributed by atoms with Crippen molar-refractivity contribution in [3.63, 3.8) is 0 Å². The summed E-state index contributed by atoms with van der Waals surface area (Å²) < 4.78 is 0. The molecule has 51 heteroatoms. The number of carboxylic acid groups (broad SMARTS) is 4. The minimum Gasteiger partial charge on any atom is -0.481 e. The number of nitrogens with one attached hydrogen (secondary N) is 16. The minimum atomic E-state index is -2.09. The number of nitrogens with zero attached hydrogens (tertiary/aromatic N) is 3. The highest BCUT2D eigenvalue weighted by Crippen LogP contribution is 2.24. The normalized spacial score (nSPS) is 16.4. The Kier molecular flexibility index (Phi) is 49.9. The topological polar surface area (TPSA) is 830 Å². The van der Waals surface area contributed by atoms with E-state index in [1.54, 1.807) is 69.2 Å². The highest BCUT2D eigenvalue weighted by atomic mass is 16.4. The smallest absolute Gasteiger partial charge is 0.326 e. The Labute approximate surface area is 784 Å². The summed E-state index contributed by atoms with van der Waals surface area (Å²) in [6.45, 7) is 18.9. The van der Waals surface area contributed by atoms with Gasteiger partial charge in [-0.1, -0.05) is 75.7 Å². The molecule has 19 atom stereocenters. The van der Waals surface area contributed by atoms with Crippen LogP contribution in [0.15, 0.2) is 25.0 Å². The summed E-state index contributed by atoms with van der Waals surface area (Å²) >= 11 is 0. The lowest BCUT2D eigenvalue weighted by Gasteiger charge is -2.33. The fraction of sp³-hybridized carbons (Fsp3) is 0.671. The van der Waals surface area contributed by atoms with Gasteiger partial charge in [0.05, 0.1) is 42.3 Å². The van der Waals surface area contributed by atoms with Gasteiger partial charge in [0.2, 0.25) is 106 Å². The van der Waals surface area contributed by atoms with E-state index in [0.717, 1.165) is 6.92 Å². The van der Waals surface area contributed by atoms with Gasteiger partial charge in [-0.3, -0.25) is 101 Å². The summed E-state index contributed by atoms with van der Waals surface area (Å²) in [5, 5.41) is 95.0. The van der Waals surface area contributed by atoms with Crippen molar-refractivity contribution in [1.29, 1.82) is 0 Å². The first-order valence-electron chi connectivity index (χ1n) is 45.0. The number of aliphatic hydroxyl groups is 2. The Morgan fingerprint density at radius 1 is 0.368 bits per heavy atom. The lowest BCUT2D eigenvalue weighted by atomic mass is 9.96. The number of carboxylic acids is 4. The largest absolute Gasteiger partial charge is 0.481 e. The Morgan fingerprint density at radius 2 is 0.654 bits per heavy atom. The molecule has 0 aliphatic carbocycles. The fourth-order valence-corrected chi connectivity index (χ4v) is 14.3. The zero-order valence-corrected chi connectivity index (χ0v) is 78.5. The molecule has 760 valence electrons. The number of hydrogen-bond acceptors (Lipinski definition) is 27. The lowest BCUT2D eigenvalue weighted by molar-refractivity contribution is -0.143. The average Bonchev–Trinajstić information content (AvgIpc) is 1.63. The number of imidazole rings is 2. The Hall–Kier alpha value is -13.4. The molecule has 0 bridgehead atoms. The van der Waals surface area contributed by atoms with Gasteiger partial charge >= 0.3 is 23.9 Å². The molecule has 30 N–H and O–H groups in total. The molecule has 18 amide bonds. The quantitative estimate of drug-likeness (QED) is 0.0293. The number of nitrogens with two attached hydrogens (primary N) is 4. The summed E-state index contributed by atoms with van der Waals surface area (Å²) in [5.41, 5.74) is 22.1. The summed E-state index contributed by atoms with van der Waals surface area (Å²) in [7, 11) is 0. The van der Waals surface area contributed by atoms with Gasteiger partial charge in [-0.15, -0.1) is 0 Å². The van der Waals surface area contributed by atoms with Gasteiger partial charge in [0.15, 0.2) is 0 Å². The maximum Gasteiger partial charge on any atom is 0.326 e. The first-order valence-corrected chi connectivity index (χ1v) is 45.0. The lowest BCUT2D eigenvalue weighted by Crippen LogP contribution is -2.62. The van der Waals surface area contributed by atoms with Crippen molar-refractivity contribution in [3.8, 4) is 0 Å². The Bertz CT molecular complexity index is 4430. The van der Waals surface area contributed by atoms with E-state index in [1.807, 2.05) is 0 Å². The fourth-order valence-electron chi connectivity index (χ4n) is 14.3. The van der Waals surface area contributed by atoms with Crippen molar-refractivity contribution < 1.29 is 136 Å². The Balaban J connectivity index is 2.01. The number of aromatic amines is 2. The number of hydrogen-bond donors (Lipinski definition) is 26. The van der Waals surface area contributed by atoms with E-state index in [4.69, 9.17) is 22.9 Å². The molecular formula is C85H137N23O28. The molecule has 1 fully saturated rings. The van der Waals surface area contributed by atoms with Gasteiger partial charge in [-0.05, 0) is 120 Å². The van der Waals surface area contributed by atoms with Gasteiger partial charge in [0, 0.05) is 70.3 Å². The van der Waals surface area contributed by atoms with E-state index in [9.17, 15) is 136 Å². The van der Waals surface area contributed by atoms with Crippen molar-refractivity contribution in [1.82, 2.24) is 99.3 Å². The van der Waals surface area contributed by atoms with Crippen LogP contribution in [0.2, 0.25) is 0 Å². The van der Waals surface area contributed by atoms with Crippen molar-refractivity contribution in [2.45, 2.75) is 327 Å². The molecule has 0 spiro atoms. The number of aliphatic carboxylic acids is 4. The third-order valence-electron chi connectivity index (χ3n) is 21.8. The maximum absolute atomic E-state index is 14.9. The number of H-pyrrole nitrogens is 2. The van der Waals surface area contributed by atoms with Crippen LogP contribution in [-0.2, 0) is 118 Å². The number of aliphatic hydroxyl groups excluding tert-OH is 2. The molecule has 51 nitrogen and oxygen atoms in total. The highest BCUT2D eigenvalue weighted by molar-refractivity contribution is 6.02. The second-order valence-electron chi connectivity index (χ2n) is 35.5. The van der Waals surface area contributed by atoms with Crippen molar-refractivity contribution in [2.24, 2.45) is 52.5 Å². The molecule has 0 radical (unpaired) electrons. The molecular weight excluding hydrogens is 1790 g/mol. The zero-order valence-electron chi connectivity index (χ0n) is 78.5. The van der Waals surface area contributed by atoms with Crippen LogP contribution in [0.3, 0.4) is 0 Å². The van der Waals surface area contributed by atoms with Crippen LogP contribution >= 0.6 is 0 Å². The van der Waals surface area contributed by atoms with E-state index in [1.165, 1.54) is 36.9 Å². The highest BCUT2D eigenvalue weighted by Gasteiger charge is 2.44. The number of likely N-dealkylation sites (tertiary alicyclic amines) is 1. The van der Waals surface area contributed by atoms with Gasteiger partial charge in [0.1, 0.15) is 90.6 Å². The standard InChI is InChI=1S/C85H137N23O28/c1-13-43(10)67(105-80(130)60-15-14-28-108(60)84(134)58(31-41(6)7)103-83(133)68(44(11)109)106-70(120)48(86)16-22-61(87)111)81(131)102-55(30-40(4)5)76(126)97-51(19-25-64(114)115)71(121)95-52(20-26-65(116)117)74(124)99-54(29-39(2)3)77(127)101-56(33-46-35-90-37-92-46)78(128)96-49(17-23-62(88)112)73(123)100-57(34-47-36-91-38-93-47)79(129)107-69(45(12)110)82(132)98-53(21-27-66(118)119)72(122)94-50(18-24-63(89)113)75(125)104-59(85(135)136)32-42(8)9/h35-45,48-60,67-69,109-110H,13-34,86H2,1-12H3,(H2,87,111)(H2,88,112)(H2,89,113)(H,90,92)(H,91,93)(H,94,122)(H,95,121)(H,96,128)(H,97,126)(H,98,132)(H,99,124)(H,100,123)(H,101,127)(H,102,131)(H,103,133)(H,104,125)(H,105,130)(H,106,120)(H,107,129)(H,114,115)(H,116,117)(H,118,119)(H,135,136)/t43-,44+,45+,48-,49-,50-,51-,52-,53-,54-,55-,56-,57-,58-,59-,60-,67-,68-,69-/m0/s1. The molecule has 2 aromatic rings. The minimum absolute atomic E-state index is 0.00792. The van der Waals surface area contributed by atoms with E-state index in [-0.39, 0.29) is 87.6 Å². The molecule has 136 heavy (non-hydrogen) atoms. The van der Waals surface area contributed by atoms with Crippen LogP contribution in [0, 0.1) is 29.6 Å². The van der Waals surface area contributed by atoms with Crippen molar-refractivity contribution in [2.75, 3.05) is 6.54 Å². The number of amides is 18. The predicted molar refractivity (Wildman–Crippen MR) is 478 cm³/mol. The summed E-state index contributed by atoms with van der Waals surface area (Å²) in [4.78, 5) is 315. The van der Waals surface area contributed by atoms with Gasteiger partial charge in [0.25, 0.3) is 0 Å². The number of rotatable bonds is 64. The van der Waals surface area contributed by atoms with Crippen LogP contribution in [0.25, 0.3) is 0 Å². The van der Waals surface area contributed by atoms with E-state index in [2.05, 4.69) is 94.4 Å². The first-order chi connectivity index (χ1) is 63.6. The molecule has 0 unspecified atom stereocenters. The number of carbonyl (C=O) groups is 22. The van der Waals surface area contributed by atoms with E-state index >= 15 is 0 Å². The summed E-state index contributed by atoms with van der Waals surface area (Å²) in [6.07, 6.45) is -6.83. The number of carbonyl (C=O) groups excluding carboxylic acids is 18. The second-order valence-corrected chi connectivity index (χ2v) is 35.5. The van der Waals surface area contributed by atoms with Crippen molar-refractivity contribution in [3.05, 3.63) is 36.4 Å². The molecule has 2 aromatic heterocycles. The second kappa shape index (κ2) is 58.0. The van der Waals surface area contributed by atoms with E-state index in [0.29, 0.717) is 0 Å². The Morgan fingerprint density at radius 3 is 0.993 bits per heavy atom. The van der Waals surface area contributed by atoms with Gasteiger partial charge < -0.3 is 143 Å². The van der Waals surface area contributed by atoms with E-state index < -0.39 is 334 Å². The molecule has 1 saturated heterocycles. The van der Waals surface area contributed by atoms with Crippen LogP contribution in [0.5, 0.6) is 0 Å². The third-order valence-corrected chi connectivity index (χ3v) is 21.8. The molecule has 0 aromatic carbocycles. The SMILES string of the molecule is CC[C@H](C)[C@H](NC(=O)[C@@H]1CCCN1C(=O)[C@H](CC(C)C)NC(=O)[C@@H](NC(=O)[C@@H](N)CCC(N)=O)[C@@H](C)O)C(=O)N[C@@H](CC(C)C)C(=O)N[C@@H](CCC(=O)O)C(=O)N[C@@H](CCC(=O)O)C(=O)N[C@@H](CC(C)C)C(=O)N[C@@H](Cc1c[nH]cn1)C(=O)N[C@@H](CCC(N)=O)C(=O)N[C@@H](Cc1c[nH]cn1)C(=O)N[C@H](C(=O)N[C@@H](CCC(=O)O)C(=O)N[C@@H](CCC(N)=O)C(=O)N[C@@H](CC(C)C)C(=O)O)[C@@H](C)O. The molecule has 3 rings (SSSR count). The number of aromatic nitrogens is 4. The van der Waals surface area contributed by atoms with Crippen molar-refractivity contribution >= 4 is 130 Å². The molecule has 1 aliphatic heterocycles. The third kappa shape index (κ3) is 42.1. The number of primary amides is 3. The average molecular weight is 1930 g/mol. The maximum atomic E-state index is 14.9. The van der Waals surface area contributed by atoms with Crippen LogP contribution in [0.1, 0.15) is 216 Å². The van der Waals surface area contributed by atoms with Crippen LogP contribution < -0.4 is 97.4 Å². The first kappa shape index (κ1) is 117. The van der Waals surface area contributed by atoms with Crippen LogP contribution in [0.4, 0.5) is 0 Å². The predicted octanol–water partition coefficient (Wildman–Crippen LogP) is -6.51. The summed E-state index contributed by atoms with van der Waals surface area (Å²) in [5.74, 6) is -27.3. The van der Waals surface area contributed by atoms with Crippen LogP contribution in [-0.4, -0.2) is 301 Å². The summed E-state index contributed by atoms with van der Waals surface area (Å²) in [6, 6.07) is -26.8. The zero-order chi connectivity index (χ0) is 103. The van der Waals surface area contributed by atoms with Gasteiger partial charge in [-0.25, -0.2) is 14.8 Å². The molecule has 3 heterocycles.